The van der Waals surface area contributed by atoms with Gasteiger partial charge in [0.05, 0.1) is 0 Å². The molecule has 0 saturated carbocycles. The van der Waals surface area contributed by atoms with Crippen LogP contribution in [0.4, 0.5) is 5.69 Å². The molecule has 0 N–H and O–H groups in total. The predicted octanol–water partition coefficient (Wildman–Crippen LogP) is 1.96. The molecule has 2 rings (SSSR count). The minimum absolute atomic E-state index is 0.168. The van der Waals surface area contributed by atoms with Crippen LogP contribution >= 0.6 is 12.2 Å². The first-order valence-corrected chi connectivity index (χ1v) is 7.04. The number of amides is 2. The number of hydrogen-bond acceptors (Lipinski definition) is 3. The second-order valence-corrected chi connectivity index (χ2v) is 5.00. The average Bonchev–Trinajstić information content (AvgIpc) is 2.69. The van der Waals surface area contributed by atoms with E-state index < -0.39 is 0 Å². The van der Waals surface area contributed by atoms with Crippen molar-refractivity contribution in [3.8, 4) is 0 Å². The van der Waals surface area contributed by atoms with Crippen LogP contribution in [0.5, 0.6) is 0 Å². The van der Waals surface area contributed by atoms with Crippen LogP contribution in [-0.2, 0) is 9.59 Å². The molecule has 2 amide bonds. The Bertz CT molecular complexity index is 613. The predicted molar refractivity (Wildman–Crippen MR) is 85.4 cm³/mol. The summed E-state index contributed by atoms with van der Waals surface area (Å²) in [7, 11) is 1.63. The molecule has 1 heterocycles. The third-order valence-electron chi connectivity index (χ3n) is 3.27. The molecule has 6 heteroatoms. The number of thiocarbonyl (C=S) groups is 1. The minimum atomic E-state index is -0.205. The molecule has 110 valence electrons. The summed E-state index contributed by atoms with van der Waals surface area (Å²) in [5.41, 5.74) is 1.12. The number of benzene rings is 1. The lowest BCUT2D eigenvalue weighted by Crippen LogP contribution is -2.29. The zero-order valence-electron chi connectivity index (χ0n) is 12.2. The topological polar surface area (TPSA) is 43.9 Å². The fourth-order valence-electron chi connectivity index (χ4n) is 2.15. The van der Waals surface area contributed by atoms with Crippen LogP contribution in [-0.4, -0.2) is 40.3 Å². The summed E-state index contributed by atoms with van der Waals surface area (Å²) < 4.78 is 0. The highest BCUT2D eigenvalue weighted by molar-refractivity contribution is 7.80. The fraction of sp³-hybridized carbons (Fsp3) is 0.267. The van der Waals surface area contributed by atoms with Crippen molar-refractivity contribution in [2.45, 2.75) is 13.8 Å². The van der Waals surface area contributed by atoms with Gasteiger partial charge in [-0.3, -0.25) is 19.4 Å². The van der Waals surface area contributed by atoms with Crippen molar-refractivity contribution in [3.63, 3.8) is 0 Å². The lowest BCUT2D eigenvalue weighted by Gasteiger charge is -2.20. The Labute approximate surface area is 129 Å². The molecule has 1 aliphatic rings. The number of hydrogen-bond donors (Lipinski definition) is 0. The van der Waals surface area contributed by atoms with E-state index in [4.69, 9.17) is 12.2 Å². The van der Waals surface area contributed by atoms with E-state index in [9.17, 15) is 9.59 Å². The van der Waals surface area contributed by atoms with Crippen molar-refractivity contribution >= 4 is 34.8 Å². The third-order valence-corrected chi connectivity index (χ3v) is 3.77. The van der Waals surface area contributed by atoms with Crippen LogP contribution < -0.4 is 4.90 Å². The second kappa shape index (κ2) is 6.05. The van der Waals surface area contributed by atoms with Crippen molar-refractivity contribution in [2.24, 2.45) is 0 Å². The van der Waals surface area contributed by atoms with Gasteiger partial charge in [0.15, 0.2) is 5.11 Å². The molecule has 0 spiro atoms. The Morgan fingerprint density at radius 3 is 2.48 bits per heavy atom. The van der Waals surface area contributed by atoms with E-state index in [0.717, 1.165) is 0 Å². The van der Waals surface area contributed by atoms with Gasteiger partial charge < -0.3 is 4.90 Å². The molecule has 0 unspecified atom stereocenters. The molecule has 5 nitrogen and oxygen atoms in total. The lowest BCUT2D eigenvalue weighted by atomic mass is 10.3. The van der Waals surface area contributed by atoms with Gasteiger partial charge in [0.1, 0.15) is 5.70 Å². The van der Waals surface area contributed by atoms with E-state index >= 15 is 0 Å². The first kappa shape index (κ1) is 15.2. The molecular formula is C15H17N3O2S. The molecule has 0 radical (unpaired) electrons. The molecule has 1 saturated heterocycles. The van der Waals surface area contributed by atoms with Crippen molar-refractivity contribution in [3.05, 3.63) is 42.2 Å². The van der Waals surface area contributed by atoms with Gasteiger partial charge in [0.25, 0.3) is 5.91 Å². The molecule has 0 bridgehead atoms. The molecule has 1 aromatic carbocycles. The maximum Gasteiger partial charge on any atom is 0.278 e. The van der Waals surface area contributed by atoms with Gasteiger partial charge in [-0.05, 0) is 31.3 Å². The monoisotopic (exact) mass is 303 g/mol. The Balaban J connectivity index is 2.45. The van der Waals surface area contributed by atoms with Crippen molar-refractivity contribution in [2.75, 3.05) is 18.5 Å². The number of anilines is 1. The number of carbonyl (C=O) groups excluding carboxylic acids is 2. The van der Waals surface area contributed by atoms with Gasteiger partial charge in [-0.15, -0.1) is 0 Å². The maximum absolute atomic E-state index is 12.3. The van der Waals surface area contributed by atoms with E-state index in [2.05, 4.69) is 0 Å². The molecule has 21 heavy (non-hydrogen) atoms. The van der Waals surface area contributed by atoms with E-state index in [1.807, 2.05) is 37.3 Å². The lowest BCUT2D eigenvalue weighted by molar-refractivity contribution is -0.121. The molecular weight excluding hydrogens is 286 g/mol. The zero-order valence-corrected chi connectivity index (χ0v) is 13.1. The highest BCUT2D eigenvalue weighted by Gasteiger charge is 2.35. The highest BCUT2D eigenvalue weighted by atomic mass is 32.1. The first-order chi connectivity index (χ1) is 9.97. The van der Waals surface area contributed by atoms with Gasteiger partial charge in [-0.25, -0.2) is 0 Å². The summed E-state index contributed by atoms with van der Waals surface area (Å²) in [6.45, 7) is 3.94. The summed E-state index contributed by atoms with van der Waals surface area (Å²) in [5, 5.41) is 0.449. The summed E-state index contributed by atoms with van der Waals surface area (Å²) in [6.07, 6.45) is 1.55. The van der Waals surface area contributed by atoms with Gasteiger partial charge in [0, 0.05) is 32.4 Å². The van der Waals surface area contributed by atoms with Crippen LogP contribution in [0.25, 0.3) is 0 Å². The highest BCUT2D eigenvalue weighted by Crippen LogP contribution is 2.22. The second-order valence-electron chi connectivity index (χ2n) is 4.63. The van der Waals surface area contributed by atoms with Gasteiger partial charge >= 0.3 is 0 Å². The Morgan fingerprint density at radius 2 is 1.95 bits per heavy atom. The Kier molecular flexibility index (Phi) is 4.37. The van der Waals surface area contributed by atoms with Gasteiger partial charge in [0.2, 0.25) is 5.91 Å². The summed E-state index contributed by atoms with van der Waals surface area (Å²) in [6, 6.07) is 9.19. The van der Waals surface area contributed by atoms with Gasteiger partial charge in [-0.2, -0.15) is 0 Å². The van der Waals surface area contributed by atoms with E-state index in [0.29, 0.717) is 23.0 Å². The Morgan fingerprint density at radius 1 is 1.33 bits per heavy atom. The smallest absolute Gasteiger partial charge is 0.278 e. The Hall–Kier alpha value is -2.21. The average molecular weight is 303 g/mol. The van der Waals surface area contributed by atoms with Crippen LogP contribution in [0.15, 0.2) is 42.2 Å². The van der Waals surface area contributed by atoms with Crippen molar-refractivity contribution in [1.82, 2.24) is 9.80 Å². The summed E-state index contributed by atoms with van der Waals surface area (Å²) >= 11 is 5.24. The van der Waals surface area contributed by atoms with Crippen LogP contribution in [0.3, 0.4) is 0 Å². The molecule has 1 aromatic rings. The zero-order chi connectivity index (χ0) is 15.6. The van der Waals surface area contributed by atoms with E-state index in [-0.39, 0.29) is 11.8 Å². The number of rotatable bonds is 3. The number of carbonyl (C=O) groups is 2. The fourth-order valence-corrected chi connectivity index (χ4v) is 2.46. The van der Waals surface area contributed by atoms with Crippen molar-refractivity contribution < 1.29 is 9.59 Å². The number of para-hydroxylation sites is 1. The molecule has 0 aromatic heterocycles. The molecule has 0 aliphatic carbocycles. The minimum Gasteiger partial charge on any atom is -0.313 e. The van der Waals surface area contributed by atoms with Gasteiger partial charge in [-0.1, -0.05) is 18.2 Å². The SMILES string of the molecule is CCN1C(=S)N(C)C(=O)C1=CN(C(C)=O)c1ccccc1. The summed E-state index contributed by atoms with van der Waals surface area (Å²) in [5.74, 6) is -0.373. The number of nitrogens with zero attached hydrogens (tertiary/aromatic N) is 3. The standard InChI is InChI=1S/C15H17N3O2S/c1-4-17-13(14(20)16(3)15(17)21)10-18(11(2)19)12-8-6-5-7-9-12/h5-10H,4H2,1-3H3. The quantitative estimate of drug-likeness (QED) is 0.632. The first-order valence-electron chi connectivity index (χ1n) is 6.63. The van der Waals surface area contributed by atoms with E-state index in [1.165, 1.54) is 16.7 Å². The normalized spacial score (nSPS) is 16.8. The summed E-state index contributed by atoms with van der Waals surface area (Å²) in [4.78, 5) is 28.8. The van der Waals surface area contributed by atoms with Crippen LogP contribution in [0.1, 0.15) is 13.8 Å². The maximum atomic E-state index is 12.3. The molecule has 0 atom stereocenters. The number of likely N-dealkylation sites (N-methyl/N-ethyl adjacent to an activating group) is 2. The third kappa shape index (κ3) is 2.80. The molecule has 1 aliphatic heterocycles. The van der Waals surface area contributed by atoms with Crippen LogP contribution in [0.2, 0.25) is 0 Å². The molecule has 1 fully saturated rings. The van der Waals surface area contributed by atoms with Crippen molar-refractivity contribution in [1.29, 1.82) is 0 Å². The van der Waals surface area contributed by atoms with E-state index in [1.54, 1.807) is 18.1 Å². The van der Waals surface area contributed by atoms with Crippen LogP contribution in [0, 0.1) is 0 Å². The largest absolute Gasteiger partial charge is 0.313 e.